The van der Waals surface area contributed by atoms with Gasteiger partial charge in [0, 0.05) is 10.2 Å². The van der Waals surface area contributed by atoms with Crippen LogP contribution in [0.25, 0.3) is 0 Å². The van der Waals surface area contributed by atoms with Crippen molar-refractivity contribution in [1.29, 1.82) is 0 Å². The summed E-state index contributed by atoms with van der Waals surface area (Å²) in [5.41, 5.74) is 5.69. The fourth-order valence-corrected chi connectivity index (χ4v) is 2.93. The van der Waals surface area contributed by atoms with Crippen molar-refractivity contribution in [1.82, 2.24) is 5.43 Å². The highest BCUT2D eigenvalue weighted by Crippen LogP contribution is 2.19. The van der Waals surface area contributed by atoms with Crippen molar-refractivity contribution >= 4 is 39.7 Å². The summed E-state index contributed by atoms with van der Waals surface area (Å²) in [7, 11) is 0. The number of hydrogen-bond donors (Lipinski definition) is 2. The molecule has 6 nitrogen and oxygen atoms in total. The Kier molecular flexibility index (Phi) is 7.34. The van der Waals surface area contributed by atoms with Gasteiger partial charge >= 0.3 is 5.97 Å². The lowest BCUT2D eigenvalue weighted by atomic mass is 10.2. The average molecular weight is 466 g/mol. The number of nitrogens with one attached hydrogen (secondary N) is 2. The molecule has 7 heteroatoms. The van der Waals surface area contributed by atoms with Gasteiger partial charge in [-0.05, 0) is 76.9 Å². The third kappa shape index (κ3) is 6.28. The van der Waals surface area contributed by atoms with Crippen molar-refractivity contribution in [3.05, 3.63) is 94.0 Å². The summed E-state index contributed by atoms with van der Waals surface area (Å²) in [6.45, 7) is 2.12. The van der Waals surface area contributed by atoms with E-state index in [0.29, 0.717) is 15.8 Å². The Labute approximate surface area is 183 Å². The van der Waals surface area contributed by atoms with Crippen LogP contribution in [0.15, 0.2) is 82.4 Å². The molecule has 0 saturated carbocycles. The molecule has 3 aromatic carbocycles. The van der Waals surface area contributed by atoms with E-state index >= 15 is 0 Å². The monoisotopic (exact) mass is 465 g/mol. The van der Waals surface area contributed by atoms with Crippen molar-refractivity contribution in [2.24, 2.45) is 5.10 Å². The number of rotatable bonds is 7. The number of benzene rings is 3. The van der Waals surface area contributed by atoms with Gasteiger partial charge in [-0.25, -0.2) is 10.2 Å². The summed E-state index contributed by atoms with van der Waals surface area (Å²) in [6.07, 6.45) is 1.52. The fraction of sp³-hybridized carbons (Fsp3) is 0.0870. The SMILES string of the molecule is Cc1ccc(NCC(=O)NN=Cc2ccc(OC(=O)c3ccccc3Br)cc2)cc1. The van der Waals surface area contributed by atoms with E-state index in [-0.39, 0.29) is 12.5 Å². The molecular formula is C23H20BrN3O3. The zero-order valence-electron chi connectivity index (χ0n) is 16.3. The molecule has 0 fully saturated rings. The van der Waals surface area contributed by atoms with Crippen LogP contribution in [0.4, 0.5) is 5.69 Å². The minimum absolute atomic E-state index is 0.115. The molecule has 0 atom stereocenters. The number of aryl methyl sites for hydroxylation is 1. The second-order valence-electron chi connectivity index (χ2n) is 6.45. The van der Waals surface area contributed by atoms with Gasteiger partial charge in [0.1, 0.15) is 5.75 Å². The van der Waals surface area contributed by atoms with E-state index in [2.05, 4.69) is 31.8 Å². The number of esters is 1. The first-order valence-electron chi connectivity index (χ1n) is 9.20. The topological polar surface area (TPSA) is 79.8 Å². The van der Waals surface area contributed by atoms with Gasteiger partial charge in [-0.3, -0.25) is 4.79 Å². The van der Waals surface area contributed by atoms with E-state index in [1.165, 1.54) is 6.21 Å². The molecule has 0 radical (unpaired) electrons. The van der Waals surface area contributed by atoms with E-state index < -0.39 is 5.97 Å². The van der Waals surface area contributed by atoms with E-state index in [1.54, 1.807) is 42.5 Å². The molecule has 0 aliphatic carbocycles. The summed E-state index contributed by atoms with van der Waals surface area (Å²) in [5.74, 6) is -0.290. The number of halogens is 1. The molecule has 2 N–H and O–H groups in total. The molecule has 0 saturated heterocycles. The van der Waals surface area contributed by atoms with E-state index in [4.69, 9.17) is 4.74 Å². The molecule has 0 unspecified atom stereocenters. The Morgan fingerprint density at radius 3 is 2.40 bits per heavy atom. The van der Waals surface area contributed by atoms with Gasteiger partial charge in [0.2, 0.25) is 0 Å². The molecule has 3 aromatic rings. The zero-order valence-corrected chi connectivity index (χ0v) is 17.8. The summed E-state index contributed by atoms with van der Waals surface area (Å²) in [6, 6.07) is 21.6. The number of ether oxygens (including phenoxy) is 1. The van der Waals surface area contributed by atoms with E-state index in [9.17, 15) is 9.59 Å². The molecule has 30 heavy (non-hydrogen) atoms. The maximum Gasteiger partial charge on any atom is 0.344 e. The molecule has 152 valence electrons. The van der Waals surface area contributed by atoms with Crippen molar-refractivity contribution in [2.75, 3.05) is 11.9 Å². The van der Waals surface area contributed by atoms with Crippen LogP contribution in [0.2, 0.25) is 0 Å². The second-order valence-corrected chi connectivity index (χ2v) is 7.31. The Hall–Kier alpha value is -3.45. The molecular weight excluding hydrogens is 446 g/mol. The number of carbonyl (C=O) groups is 2. The van der Waals surface area contributed by atoms with Crippen LogP contribution in [-0.4, -0.2) is 24.6 Å². The summed E-state index contributed by atoms with van der Waals surface area (Å²) >= 11 is 3.33. The van der Waals surface area contributed by atoms with Crippen LogP contribution >= 0.6 is 15.9 Å². The van der Waals surface area contributed by atoms with Crippen LogP contribution in [0.5, 0.6) is 5.75 Å². The number of amides is 1. The minimum atomic E-state index is -0.447. The van der Waals surface area contributed by atoms with Crippen molar-refractivity contribution in [3.8, 4) is 5.75 Å². The van der Waals surface area contributed by atoms with Crippen LogP contribution in [0.3, 0.4) is 0 Å². The minimum Gasteiger partial charge on any atom is -0.423 e. The highest BCUT2D eigenvalue weighted by Gasteiger charge is 2.11. The summed E-state index contributed by atoms with van der Waals surface area (Å²) < 4.78 is 6.04. The first-order chi connectivity index (χ1) is 14.5. The molecule has 0 bridgehead atoms. The van der Waals surface area contributed by atoms with E-state index in [1.807, 2.05) is 37.3 Å². The second kappa shape index (κ2) is 10.4. The normalized spacial score (nSPS) is 10.6. The molecule has 3 rings (SSSR count). The van der Waals surface area contributed by atoms with Crippen LogP contribution in [0, 0.1) is 6.92 Å². The highest BCUT2D eigenvalue weighted by atomic mass is 79.9. The molecule has 1 amide bonds. The van der Waals surface area contributed by atoms with Crippen molar-refractivity contribution in [2.45, 2.75) is 6.92 Å². The molecule has 0 aromatic heterocycles. The van der Waals surface area contributed by atoms with Crippen LogP contribution in [0.1, 0.15) is 21.5 Å². The molecule has 0 spiro atoms. The standard InChI is InChI=1S/C23H20BrN3O3/c1-16-6-10-18(11-7-16)25-15-22(28)27-26-14-17-8-12-19(13-9-17)30-23(29)20-4-2-3-5-21(20)24/h2-14,25H,15H2,1H3,(H,27,28). The van der Waals surface area contributed by atoms with Crippen molar-refractivity contribution < 1.29 is 14.3 Å². The van der Waals surface area contributed by atoms with Crippen LogP contribution in [-0.2, 0) is 4.79 Å². The molecule has 0 heterocycles. The van der Waals surface area contributed by atoms with Crippen molar-refractivity contribution in [3.63, 3.8) is 0 Å². The molecule has 0 aliphatic heterocycles. The van der Waals surface area contributed by atoms with Gasteiger partial charge in [0.05, 0.1) is 18.3 Å². The fourth-order valence-electron chi connectivity index (χ4n) is 2.48. The summed E-state index contributed by atoms with van der Waals surface area (Å²) in [4.78, 5) is 24.1. The number of anilines is 1. The molecule has 0 aliphatic rings. The van der Waals surface area contributed by atoms with Gasteiger partial charge in [0.25, 0.3) is 5.91 Å². The number of hydrogen-bond acceptors (Lipinski definition) is 5. The largest absolute Gasteiger partial charge is 0.423 e. The number of carbonyl (C=O) groups excluding carboxylic acids is 2. The Morgan fingerprint density at radius 2 is 1.70 bits per heavy atom. The Balaban J connectivity index is 1.47. The maximum absolute atomic E-state index is 12.2. The number of nitrogens with zero attached hydrogens (tertiary/aromatic N) is 1. The van der Waals surface area contributed by atoms with Gasteiger partial charge in [-0.15, -0.1) is 0 Å². The van der Waals surface area contributed by atoms with E-state index in [0.717, 1.165) is 16.8 Å². The average Bonchev–Trinajstić information content (AvgIpc) is 2.75. The lowest BCUT2D eigenvalue weighted by Crippen LogP contribution is -2.25. The first-order valence-corrected chi connectivity index (χ1v) is 10.00. The first kappa shape index (κ1) is 21.3. The zero-order chi connectivity index (χ0) is 21.3. The van der Waals surface area contributed by atoms with Gasteiger partial charge < -0.3 is 10.1 Å². The predicted molar refractivity (Wildman–Crippen MR) is 121 cm³/mol. The lowest BCUT2D eigenvalue weighted by Gasteiger charge is -2.06. The van der Waals surface area contributed by atoms with Gasteiger partial charge in [-0.1, -0.05) is 29.8 Å². The number of hydrazone groups is 1. The Morgan fingerprint density at radius 1 is 1.00 bits per heavy atom. The third-order valence-corrected chi connectivity index (χ3v) is 4.78. The highest BCUT2D eigenvalue weighted by molar-refractivity contribution is 9.10. The van der Waals surface area contributed by atoms with Gasteiger partial charge in [-0.2, -0.15) is 5.10 Å². The Bertz CT molecular complexity index is 1050. The lowest BCUT2D eigenvalue weighted by molar-refractivity contribution is -0.119. The smallest absolute Gasteiger partial charge is 0.344 e. The summed E-state index contributed by atoms with van der Waals surface area (Å²) in [5, 5.41) is 6.96. The quantitative estimate of drug-likeness (QED) is 0.232. The third-order valence-electron chi connectivity index (χ3n) is 4.09. The van der Waals surface area contributed by atoms with Gasteiger partial charge in [0.15, 0.2) is 0 Å². The maximum atomic E-state index is 12.2. The predicted octanol–water partition coefficient (Wildman–Crippen LogP) is 4.54. The van der Waals surface area contributed by atoms with Crippen LogP contribution < -0.4 is 15.5 Å².